The normalized spacial score (nSPS) is 16.2. The van der Waals surface area contributed by atoms with E-state index in [4.69, 9.17) is 14.3 Å². The molecule has 2 atom stereocenters. The lowest BCUT2D eigenvalue weighted by atomic mass is 10.0. The van der Waals surface area contributed by atoms with Crippen molar-refractivity contribution in [2.75, 3.05) is 26.3 Å². The monoisotopic (exact) mass is 698 g/mol. The molecule has 1 N–H and O–H groups in total. The molecule has 1 aliphatic heterocycles. The molecule has 2 heterocycles. The highest BCUT2D eigenvalue weighted by Gasteiger charge is 2.35. The molecule has 0 saturated carbocycles. The Morgan fingerprint density at radius 2 is 1.83 bits per heavy atom. The molecular weight excluding hydrogens is 665 g/mol. The third-order valence-electron chi connectivity index (χ3n) is 6.94. The van der Waals surface area contributed by atoms with Crippen LogP contribution in [0.3, 0.4) is 0 Å². The van der Waals surface area contributed by atoms with E-state index in [9.17, 15) is 36.4 Å². The summed E-state index contributed by atoms with van der Waals surface area (Å²) in [7, 11) is -4.43. The summed E-state index contributed by atoms with van der Waals surface area (Å²) in [5, 5.41) is 20.6. The predicted octanol–water partition coefficient (Wildman–Crippen LogP) is 5.32. The molecule has 0 radical (unpaired) electrons. The van der Waals surface area contributed by atoms with E-state index in [0.717, 1.165) is 28.4 Å². The third-order valence-corrected chi connectivity index (χ3v) is 8.26. The summed E-state index contributed by atoms with van der Waals surface area (Å²) < 4.78 is 83.6. The molecule has 4 rings (SSSR count). The molecule has 2 unspecified atom stereocenters. The van der Waals surface area contributed by atoms with Crippen LogP contribution >= 0.6 is 0 Å². The fraction of sp³-hybridized carbons (Fsp3) is 0.414. The number of aromatic nitrogens is 2. The maximum absolute atomic E-state index is 13.5. The van der Waals surface area contributed by atoms with Gasteiger partial charge in [-0.3, -0.25) is 4.84 Å². The number of carbonyl (C=O) groups excluding carboxylic acids is 2. The van der Waals surface area contributed by atoms with E-state index in [1.165, 1.54) is 24.1 Å². The fourth-order valence-electron chi connectivity index (χ4n) is 4.61. The molecule has 19 heteroatoms. The summed E-state index contributed by atoms with van der Waals surface area (Å²) in [6.45, 7) is 5.01. The molecular formula is C29H33F3N6O9S. The van der Waals surface area contributed by atoms with Gasteiger partial charge in [0.25, 0.3) is 16.3 Å². The van der Waals surface area contributed by atoms with Crippen molar-refractivity contribution in [2.24, 2.45) is 11.2 Å². The SMILES string of the molecule is CCOC(=O)OC(C)O/N=[N+](/[O-])N1CCCC(COC(=O)NS(=O)(=O)c2ccc(-n3nc(C(F)(F)F)cc3-c3ccc(C)cc3)cc2)C1. The number of amides is 1. The van der Waals surface area contributed by atoms with Gasteiger partial charge in [0, 0.05) is 18.4 Å². The number of sulfonamides is 1. The van der Waals surface area contributed by atoms with Crippen molar-refractivity contribution in [3.05, 3.63) is 71.1 Å². The number of hydrogen-bond acceptors (Lipinski definition) is 11. The number of halogens is 3. The number of nitrogens with one attached hydrogen (secondary N) is 1. The first-order valence-corrected chi connectivity index (χ1v) is 16.1. The van der Waals surface area contributed by atoms with Crippen LogP contribution in [0.4, 0.5) is 22.8 Å². The molecule has 48 heavy (non-hydrogen) atoms. The number of hydrogen-bond donors (Lipinski definition) is 1. The predicted molar refractivity (Wildman–Crippen MR) is 159 cm³/mol. The summed E-state index contributed by atoms with van der Waals surface area (Å²) in [5.41, 5.74) is 0.534. The van der Waals surface area contributed by atoms with Gasteiger partial charge in [0.05, 0.1) is 47.5 Å². The topological polar surface area (TPSA) is 177 Å². The van der Waals surface area contributed by atoms with Gasteiger partial charge >= 0.3 is 18.4 Å². The maximum Gasteiger partial charge on any atom is 0.511 e. The molecule has 1 amide bonds. The number of aryl methyl sites for hydroxylation is 1. The average molecular weight is 699 g/mol. The second-order valence-electron chi connectivity index (χ2n) is 10.6. The molecule has 1 aliphatic rings. The van der Waals surface area contributed by atoms with E-state index >= 15 is 0 Å². The fourth-order valence-corrected chi connectivity index (χ4v) is 5.50. The smallest absolute Gasteiger partial charge is 0.511 e. The van der Waals surface area contributed by atoms with Gasteiger partial charge in [0.1, 0.15) is 0 Å². The van der Waals surface area contributed by atoms with E-state index < -0.39 is 40.4 Å². The molecule has 0 bridgehead atoms. The summed E-state index contributed by atoms with van der Waals surface area (Å²) >= 11 is 0. The van der Waals surface area contributed by atoms with Crippen LogP contribution in [0.2, 0.25) is 0 Å². The van der Waals surface area contributed by atoms with Crippen LogP contribution in [-0.2, 0) is 35.2 Å². The first kappa shape index (κ1) is 35.8. The zero-order valence-corrected chi connectivity index (χ0v) is 26.9. The standard InChI is InChI=1S/C29H33F3N6O9S/c1-4-44-28(40)46-20(3)47-35-38(41)36-15-5-6-21(17-36)18-45-27(39)34-48(42,43)24-13-11-23(12-14-24)37-25(16-26(33-37)29(30,31)32)22-9-7-19(2)8-10-22/h7-14,16,20-21H,4-6,15,17-18H2,1-3H3,(H,34,39)/b38-35+. The van der Waals surface area contributed by atoms with Crippen LogP contribution in [0.15, 0.2) is 64.8 Å². The summed E-state index contributed by atoms with van der Waals surface area (Å²) in [5.74, 6) is -0.357. The highest BCUT2D eigenvalue weighted by atomic mass is 32.2. The third kappa shape index (κ3) is 9.49. The zero-order chi connectivity index (χ0) is 35.1. The number of nitrogens with zero attached hydrogens (tertiary/aromatic N) is 5. The van der Waals surface area contributed by atoms with Gasteiger partial charge in [-0.15, -0.1) is 5.01 Å². The Morgan fingerprint density at radius 1 is 1.15 bits per heavy atom. The number of rotatable bonds is 11. The highest BCUT2D eigenvalue weighted by Crippen LogP contribution is 2.33. The van der Waals surface area contributed by atoms with Crippen molar-refractivity contribution in [3.8, 4) is 16.9 Å². The molecule has 3 aromatic rings. The second-order valence-corrected chi connectivity index (χ2v) is 12.3. The number of hydrazine groups is 1. The van der Waals surface area contributed by atoms with Crippen molar-refractivity contribution >= 4 is 22.3 Å². The molecule has 2 aromatic carbocycles. The van der Waals surface area contributed by atoms with Gasteiger partial charge in [0.2, 0.25) is 5.28 Å². The summed E-state index contributed by atoms with van der Waals surface area (Å²) in [4.78, 5) is 28.4. The van der Waals surface area contributed by atoms with Crippen LogP contribution in [0, 0.1) is 18.0 Å². The first-order chi connectivity index (χ1) is 22.7. The Morgan fingerprint density at radius 3 is 2.48 bits per heavy atom. The first-order valence-electron chi connectivity index (χ1n) is 14.6. The molecule has 260 valence electrons. The Hall–Kier alpha value is -5.07. The molecule has 1 fully saturated rings. The lowest BCUT2D eigenvalue weighted by molar-refractivity contribution is -0.716. The van der Waals surface area contributed by atoms with Gasteiger partial charge in [-0.25, -0.2) is 27.4 Å². The minimum atomic E-state index is -4.72. The quantitative estimate of drug-likeness (QED) is 0.0901. The van der Waals surface area contributed by atoms with Crippen molar-refractivity contribution in [2.45, 2.75) is 51.0 Å². The maximum atomic E-state index is 13.5. The Kier molecular flexibility index (Phi) is 11.3. The van der Waals surface area contributed by atoms with Gasteiger partial charge in [-0.1, -0.05) is 29.8 Å². The Balaban J connectivity index is 1.35. The van der Waals surface area contributed by atoms with Crippen molar-refractivity contribution in [1.29, 1.82) is 0 Å². The van der Waals surface area contributed by atoms with Gasteiger partial charge in [0.15, 0.2) is 5.69 Å². The lowest BCUT2D eigenvalue weighted by Gasteiger charge is -2.28. The minimum Gasteiger partial charge on any atom is -0.569 e. The van der Waals surface area contributed by atoms with E-state index in [1.54, 1.807) is 35.9 Å². The highest BCUT2D eigenvalue weighted by molar-refractivity contribution is 7.90. The molecule has 15 nitrogen and oxygen atoms in total. The van der Waals surface area contributed by atoms with E-state index in [0.29, 0.717) is 24.9 Å². The van der Waals surface area contributed by atoms with Crippen molar-refractivity contribution in [3.63, 3.8) is 0 Å². The Bertz CT molecular complexity index is 1720. The zero-order valence-electron chi connectivity index (χ0n) is 26.0. The largest absolute Gasteiger partial charge is 0.569 e. The number of benzene rings is 2. The average Bonchev–Trinajstić information content (AvgIpc) is 3.50. The Labute approximate surface area is 273 Å². The molecule has 1 saturated heterocycles. The number of ether oxygens (including phenoxy) is 3. The molecule has 1 aromatic heterocycles. The second kappa shape index (κ2) is 15.2. The van der Waals surface area contributed by atoms with Crippen molar-refractivity contribution in [1.82, 2.24) is 19.5 Å². The summed E-state index contributed by atoms with van der Waals surface area (Å²) in [6, 6.07) is 12.4. The number of piperidine rings is 1. The van der Waals surface area contributed by atoms with Crippen LogP contribution in [0.5, 0.6) is 0 Å². The van der Waals surface area contributed by atoms with Gasteiger partial charge in [-0.2, -0.15) is 18.3 Å². The number of alkyl halides is 3. The van der Waals surface area contributed by atoms with Crippen LogP contribution in [-0.4, -0.2) is 73.0 Å². The van der Waals surface area contributed by atoms with E-state index in [-0.39, 0.29) is 46.9 Å². The molecule has 0 spiro atoms. The van der Waals surface area contributed by atoms with Crippen LogP contribution in [0.25, 0.3) is 16.9 Å². The van der Waals surface area contributed by atoms with E-state index in [2.05, 4.69) is 15.1 Å². The van der Waals surface area contributed by atoms with Gasteiger partial charge in [-0.05, 0) is 57.0 Å². The van der Waals surface area contributed by atoms with E-state index in [1.807, 2.05) is 6.92 Å². The van der Waals surface area contributed by atoms with Crippen LogP contribution in [0.1, 0.15) is 37.9 Å². The lowest BCUT2D eigenvalue weighted by Crippen LogP contribution is -2.42. The minimum absolute atomic E-state index is 0.0884. The molecule has 0 aliphatic carbocycles. The van der Waals surface area contributed by atoms with Crippen LogP contribution < -0.4 is 4.72 Å². The summed E-state index contributed by atoms with van der Waals surface area (Å²) in [6.07, 6.45) is -7.09. The van der Waals surface area contributed by atoms with Gasteiger partial charge < -0.3 is 19.4 Å². The van der Waals surface area contributed by atoms with Crippen molar-refractivity contribution < 1.29 is 55.2 Å². The number of carbonyl (C=O) groups is 2.